The van der Waals surface area contributed by atoms with Crippen molar-refractivity contribution in [3.8, 4) is 5.82 Å². The lowest BCUT2D eigenvalue weighted by Gasteiger charge is -2.26. The molecule has 0 aromatic carbocycles. The maximum absolute atomic E-state index is 12.3. The van der Waals surface area contributed by atoms with E-state index in [1.54, 1.807) is 10.9 Å². The van der Waals surface area contributed by atoms with Crippen molar-refractivity contribution in [2.45, 2.75) is 19.3 Å². The van der Waals surface area contributed by atoms with E-state index in [-0.39, 0.29) is 5.56 Å². The number of rotatable bonds is 2. The highest BCUT2D eigenvalue weighted by Crippen LogP contribution is 2.18. The maximum Gasteiger partial charge on any atom is 0.263 e. The monoisotopic (exact) mass is 296 g/mol. The van der Waals surface area contributed by atoms with E-state index in [4.69, 9.17) is 0 Å². The van der Waals surface area contributed by atoms with E-state index in [0.29, 0.717) is 22.8 Å². The SMILES string of the molecule is O=c1[nH]c(N2CCCCC2)nc2c1cnn2-c1ccccn1. The standard InChI is InChI=1S/C15H16N6O/c22-14-11-10-17-21(12-6-2-3-7-16-12)13(11)18-15(19-14)20-8-4-1-5-9-20/h2-3,6-7,10H,1,4-5,8-9H2,(H,18,19,22). The Balaban J connectivity index is 1.86. The minimum Gasteiger partial charge on any atom is -0.342 e. The van der Waals surface area contributed by atoms with Gasteiger partial charge in [-0.3, -0.25) is 9.78 Å². The van der Waals surface area contributed by atoms with E-state index >= 15 is 0 Å². The highest BCUT2D eigenvalue weighted by molar-refractivity contribution is 5.76. The zero-order chi connectivity index (χ0) is 14.9. The molecule has 0 saturated carbocycles. The van der Waals surface area contributed by atoms with Crippen LogP contribution in [0.3, 0.4) is 0 Å². The van der Waals surface area contributed by atoms with Crippen LogP contribution in [0.1, 0.15) is 19.3 Å². The highest BCUT2D eigenvalue weighted by Gasteiger charge is 2.17. The van der Waals surface area contributed by atoms with Crippen LogP contribution in [-0.4, -0.2) is 37.8 Å². The van der Waals surface area contributed by atoms with Crippen molar-refractivity contribution in [1.82, 2.24) is 24.7 Å². The van der Waals surface area contributed by atoms with Gasteiger partial charge in [0.2, 0.25) is 5.95 Å². The number of aromatic nitrogens is 5. The Labute approximate surface area is 126 Å². The largest absolute Gasteiger partial charge is 0.342 e. The van der Waals surface area contributed by atoms with Crippen molar-refractivity contribution < 1.29 is 0 Å². The molecule has 0 bridgehead atoms. The van der Waals surface area contributed by atoms with Gasteiger partial charge in [0, 0.05) is 19.3 Å². The molecule has 0 radical (unpaired) electrons. The van der Waals surface area contributed by atoms with Crippen LogP contribution in [0.4, 0.5) is 5.95 Å². The van der Waals surface area contributed by atoms with Gasteiger partial charge in [-0.1, -0.05) is 6.07 Å². The van der Waals surface area contributed by atoms with E-state index in [1.807, 2.05) is 18.2 Å². The summed E-state index contributed by atoms with van der Waals surface area (Å²) in [6.07, 6.45) is 6.72. The number of hydrogen-bond acceptors (Lipinski definition) is 5. The summed E-state index contributed by atoms with van der Waals surface area (Å²) >= 11 is 0. The lowest BCUT2D eigenvalue weighted by Crippen LogP contribution is -2.32. The molecule has 1 aliphatic heterocycles. The topological polar surface area (TPSA) is 79.7 Å². The Morgan fingerprint density at radius 3 is 2.77 bits per heavy atom. The Morgan fingerprint density at radius 2 is 2.00 bits per heavy atom. The van der Waals surface area contributed by atoms with Crippen LogP contribution < -0.4 is 10.5 Å². The molecule has 7 nitrogen and oxygen atoms in total. The molecule has 4 rings (SSSR count). The number of anilines is 1. The van der Waals surface area contributed by atoms with Crippen molar-refractivity contribution in [3.63, 3.8) is 0 Å². The average molecular weight is 296 g/mol. The van der Waals surface area contributed by atoms with Crippen LogP contribution in [0.25, 0.3) is 16.9 Å². The molecule has 4 heterocycles. The summed E-state index contributed by atoms with van der Waals surface area (Å²) < 4.78 is 1.61. The molecule has 0 unspecified atom stereocenters. The Kier molecular flexibility index (Phi) is 3.10. The average Bonchev–Trinajstić information content (AvgIpc) is 3.01. The molecule has 0 atom stereocenters. The second-order valence-electron chi connectivity index (χ2n) is 5.42. The summed E-state index contributed by atoms with van der Waals surface area (Å²) in [7, 11) is 0. The van der Waals surface area contributed by atoms with Crippen LogP contribution in [0.5, 0.6) is 0 Å². The first-order chi connectivity index (χ1) is 10.8. The zero-order valence-corrected chi connectivity index (χ0v) is 12.1. The van der Waals surface area contributed by atoms with Gasteiger partial charge >= 0.3 is 0 Å². The van der Waals surface area contributed by atoms with Crippen LogP contribution in [-0.2, 0) is 0 Å². The normalized spacial score (nSPS) is 15.4. The number of hydrogen-bond donors (Lipinski definition) is 1. The van der Waals surface area contributed by atoms with Crippen molar-refractivity contribution >= 4 is 17.0 Å². The Hall–Kier alpha value is -2.70. The Bertz CT molecular complexity index is 847. The molecular weight excluding hydrogens is 280 g/mol. The minimum absolute atomic E-state index is 0.159. The van der Waals surface area contributed by atoms with Gasteiger partial charge < -0.3 is 4.90 Å². The molecule has 112 valence electrons. The number of nitrogens with one attached hydrogen (secondary N) is 1. The van der Waals surface area contributed by atoms with Crippen molar-refractivity contribution in [3.05, 3.63) is 40.9 Å². The Morgan fingerprint density at radius 1 is 1.14 bits per heavy atom. The maximum atomic E-state index is 12.3. The van der Waals surface area contributed by atoms with Gasteiger partial charge in [0.1, 0.15) is 5.39 Å². The first kappa shape index (κ1) is 13.0. The van der Waals surface area contributed by atoms with Crippen molar-refractivity contribution in [2.24, 2.45) is 0 Å². The summed E-state index contributed by atoms with van der Waals surface area (Å²) in [5, 5.41) is 4.74. The fourth-order valence-electron chi connectivity index (χ4n) is 2.81. The van der Waals surface area contributed by atoms with Crippen molar-refractivity contribution in [2.75, 3.05) is 18.0 Å². The predicted molar refractivity (Wildman–Crippen MR) is 83.3 cm³/mol. The number of fused-ring (bicyclic) bond motifs is 1. The molecule has 0 aliphatic carbocycles. The third-order valence-corrected chi connectivity index (χ3v) is 3.95. The van der Waals surface area contributed by atoms with Gasteiger partial charge in [0.25, 0.3) is 5.56 Å². The fourth-order valence-corrected chi connectivity index (χ4v) is 2.81. The van der Waals surface area contributed by atoms with Gasteiger partial charge in [-0.2, -0.15) is 14.8 Å². The first-order valence-corrected chi connectivity index (χ1v) is 7.47. The number of aromatic amines is 1. The predicted octanol–water partition coefficient (Wildman–Crippen LogP) is 1.49. The van der Waals surface area contributed by atoms with E-state index in [9.17, 15) is 4.79 Å². The van der Waals surface area contributed by atoms with Gasteiger partial charge in [-0.05, 0) is 31.4 Å². The summed E-state index contributed by atoms with van der Waals surface area (Å²) in [4.78, 5) is 26.2. The second kappa shape index (κ2) is 5.25. The van der Waals surface area contributed by atoms with Crippen LogP contribution in [0, 0.1) is 0 Å². The van der Waals surface area contributed by atoms with E-state index in [2.05, 4.69) is 25.0 Å². The third kappa shape index (κ3) is 2.14. The third-order valence-electron chi connectivity index (χ3n) is 3.95. The lowest BCUT2D eigenvalue weighted by atomic mass is 10.1. The lowest BCUT2D eigenvalue weighted by molar-refractivity contribution is 0.568. The van der Waals surface area contributed by atoms with Crippen molar-refractivity contribution in [1.29, 1.82) is 0 Å². The van der Waals surface area contributed by atoms with Gasteiger partial charge in [0.05, 0.1) is 6.20 Å². The minimum atomic E-state index is -0.159. The molecule has 1 aliphatic rings. The number of pyridine rings is 1. The fraction of sp³-hybridized carbons (Fsp3) is 0.333. The zero-order valence-electron chi connectivity index (χ0n) is 12.1. The summed E-state index contributed by atoms with van der Waals surface area (Å²) in [5.74, 6) is 1.27. The molecule has 3 aromatic heterocycles. The van der Waals surface area contributed by atoms with E-state index in [0.717, 1.165) is 25.9 Å². The molecule has 1 N–H and O–H groups in total. The van der Waals surface area contributed by atoms with E-state index in [1.165, 1.54) is 12.6 Å². The van der Waals surface area contributed by atoms with Gasteiger partial charge in [0.15, 0.2) is 11.5 Å². The van der Waals surface area contributed by atoms with Crippen LogP contribution >= 0.6 is 0 Å². The summed E-state index contributed by atoms with van der Waals surface area (Å²) in [6, 6.07) is 5.57. The highest BCUT2D eigenvalue weighted by atomic mass is 16.1. The number of nitrogens with zero attached hydrogens (tertiary/aromatic N) is 5. The second-order valence-corrected chi connectivity index (χ2v) is 5.42. The molecule has 3 aromatic rings. The summed E-state index contributed by atoms with van der Waals surface area (Å²) in [6.45, 7) is 1.85. The quantitative estimate of drug-likeness (QED) is 0.775. The summed E-state index contributed by atoms with van der Waals surface area (Å²) in [5.41, 5.74) is 0.385. The smallest absolute Gasteiger partial charge is 0.263 e. The first-order valence-electron chi connectivity index (χ1n) is 7.47. The molecule has 22 heavy (non-hydrogen) atoms. The number of H-pyrrole nitrogens is 1. The molecule has 1 saturated heterocycles. The van der Waals surface area contributed by atoms with E-state index < -0.39 is 0 Å². The molecule has 1 fully saturated rings. The van der Waals surface area contributed by atoms with Gasteiger partial charge in [-0.15, -0.1) is 0 Å². The van der Waals surface area contributed by atoms with Crippen LogP contribution in [0.2, 0.25) is 0 Å². The molecule has 0 amide bonds. The number of piperidine rings is 1. The van der Waals surface area contributed by atoms with Crippen LogP contribution in [0.15, 0.2) is 35.4 Å². The molecular formula is C15H16N6O. The van der Waals surface area contributed by atoms with Gasteiger partial charge in [-0.25, -0.2) is 4.98 Å². The molecule has 0 spiro atoms. The molecule has 7 heteroatoms.